The zero-order valence-electron chi connectivity index (χ0n) is 16.9. The summed E-state index contributed by atoms with van der Waals surface area (Å²) in [5, 5.41) is 7.65. The number of amides is 1. The number of carbonyl (C=O) groups excluding carboxylic acids is 1. The first-order valence-corrected chi connectivity index (χ1v) is 10.0. The van der Waals surface area contributed by atoms with Gasteiger partial charge in [0, 0.05) is 23.2 Å². The van der Waals surface area contributed by atoms with E-state index in [0.29, 0.717) is 35.4 Å². The lowest BCUT2D eigenvalue weighted by Gasteiger charge is -2.16. The van der Waals surface area contributed by atoms with E-state index in [4.69, 9.17) is 0 Å². The van der Waals surface area contributed by atoms with Crippen molar-refractivity contribution in [3.63, 3.8) is 0 Å². The molecule has 1 fully saturated rings. The molecule has 150 valence electrons. The number of nitrogens with zero attached hydrogens (tertiary/aromatic N) is 3. The molecule has 3 aromatic rings. The van der Waals surface area contributed by atoms with Crippen LogP contribution >= 0.6 is 0 Å². The number of anilines is 1. The summed E-state index contributed by atoms with van der Waals surface area (Å²) in [5.74, 6) is 0.871. The largest absolute Gasteiger partial charge is 0.310 e. The Kier molecular flexibility index (Phi) is 5.05. The first-order valence-electron chi connectivity index (χ1n) is 10.0. The van der Waals surface area contributed by atoms with Crippen LogP contribution in [0, 0.1) is 13.8 Å². The average Bonchev–Trinajstić information content (AvgIpc) is 3.48. The van der Waals surface area contributed by atoms with Crippen LogP contribution in [0.4, 0.5) is 5.82 Å². The van der Waals surface area contributed by atoms with Gasteiger partial charge in [-0.05, 0) is 38.7 Å². The smallest absolute Gasteiger partial charge is 0.255 e. The zero-order valence-corrected chi connectivity index (χ0v) is 16.9. The van der Waals surface area contributed by atoms with Gasteiger partial charge in [0.2, 0.25) is 11.9 Å². The summed E-state index contributed by atoms with van der Waals surface area (Å²) >= 11 is 0. The van der Waals surface area contributed by atoms with Crippen LogP contribution < -0.4 is 10.9 Å². The maximum atomic E-state index is 13.1. The van der Waals surface area contributed by atoms with E-state index in [0.717, 1.165) is 24.1 Å². The molecule has 1 amide bonds. The Hall–Kier alpha value is -3.22. The van der Waals surface area contributed by atoms with Crippen molar-refractivity contribution in [3.8, 4) is 5.95 Å². The SMILES string of the molecule is CCC(C(=O)Nc1cc(C2CC2)nn1-c1nc(C)c(C)c(=O)[nH]1)c1ccccc1. The maximum Gasteiger partial charge on any atom is 0.255 e. The maximum absolute atomic E-state index is 13.1. The summed E-state index contributed by atoms with van der Waals surface area (Å²) in [5.41, 5.74) is 2.89. The van der Waals surface area contributed by atoms with E-state index in [1.807, 2.05) is 43.3 Å². The standard InChI is InChI=1S/C22H25N5O2/c1-4-17(15-8-6-5-7-9-15)21(29)24-19-12-18(16-10-11-16)26-27(19)22-23-14(3)13(2)20(28)25-22/h5-9,12,16-17H,4,10-11H2,1-3H3,(H,24,29)(H,23,25,28). The van der Waals surface area contributed by atoms with Gasteiger partial charge >= 0.3 is 0 Å². The van der Waals surface area contributed by atoms with Crippen molar-refractivity contribution in [1.29, 1.82) is 0 Å². The number of H-pyrrole nitrogens is 1. The lowest BCUT2D eigenvalue weighted by molar-refractivity contribution is -0.117. The van der Waals surface area contributed by atoms with Crippen LogP contribution in [-0.4, -0.2) is 25.7 Å². The minimum atomic E-state index is -0.268. The molecule has 1 aliphatic rings. The van der Waals surface area contributed by atoms with Crippen LogP contribution in [0.3, 0.4) is 0 Å². The molecule has 7 nitrogen and oxygen atoms in total. The van der Waals surface area contributed by atoms with Gasteiger partial charge in [0.1, 0.15) is 5.82 Å². The highest BCUT2D eigenvalue weighted by molar-refractivity contribution is 5.95. The first kappa shape index (κ1) is 19.1. The molecule has 1 aromatic carbocycles. The summed E-state index contributed by atoms with van der Waals surface area (Å²) in [6.07, 6.45) is 2.85. The monoisotopic (exact) mass is 391 g/mol. The molecule has 1 unspecified atom stereocenters. The fourth-order valence-electron chi connectivity index (χ4n) is 3.43. The predicted molar refractivity (Wildman–Crippen MR) is 112 cm³/mol. The van der Waals surface area contributed by atoms with Crippen molar-refractivity contribution in [1.82, 2.24) is 19.7 Å². The number of aryl methyl sites for hydroxylation is 1. The third-order valence-electron chi connectivity index (χ3n) is 5.48. The Labute approximate surface area is 169 Å². The van der Waals surface area contributed by atoms with Gasteiger partial charge in [-0.2, -0.15) is 9.78 Å². The fourth-order valence-corrected chi connectivity index (χ4v) is 3.43. The second-order valence-corrected chi connectivity index (χ2v) is 7.60. The number of rotatable bonds is 6. The molecular formula is C22H25N5O2. The van der Waals surface area contributed by atoms with E-state index >= 15 is 0 Å². The summed E-state index contributed by atoms with van der Waals surface area (Å²) in [7, 11) is 0. The molecule has 2 N–H and O–H groups in total. The van der Waals surface area contributed by atoms with E-state index < -0.39 is 0 Å². The number of nitrogens with one attached hydrogen (secondary N) is 2. The highest BCUT2D eigenvalue weighted by Gasteiger charge is 2.29. The van der Waals surface area contributed by atoms with Crippen molar-refractivity contribution < 1.29 is 4.79 Å². The van der Waals surface area contributed by atoms with Gasteiger partial charge in [-0.15, -0.1) is 0 Å². The number of aromatic nitrogens is 4. The molecular weight excluding hydrogens is 366 g/mol. The van der Waals surface area contributed by atoms with E-state index in [1.165, 1.54) is 4.68 Å². The highest BCUT2D eigenvalue weighted by Crippen LogP contribution is 2.40. The topological polar surface area (TPSA) is 92.7 Å². The number of hydrogen-bond acceptors (Lipinski definition) is 4. The summed E-state index contributed by atoms with van der Waals surface area (Å²) in [6.45, 7) is 5.52. The van der Waals surface area contributed by atoms with Crippen LogP contribution in [-0.2, 0) is 4.79 Å². The molecule has 0 aliphatic heterocycles. The Morgan fingerprint density at radius 1 is 1.28 bits per heavy atom. The predicted octanol–water partition coefficient (Wildman–Crippen LogP) is 3.58. The van der Waals surface area contributed by atoms with Gasteiger partial charge in [-0.25, -0.2) is 4.98 Å². The van der Waals surface area contributed by atoms with E-state index in [-0.39, 0.29) is 17.4 Å². The molecule has 29 heavy (non-hydrogen) atoms. The molecule has 7 heteroatoms. The summed E-state index contributed by atoms with van der Waals surface area (Å²) in [6, 6.07) is 11.6. The molecule has 0 saturated heterocycles. The lowest BCUT2D eigenvalue weighted by atomic mass is 9.96. The average molecular weight is 391 g/mol. The van der Waals surface area contributed by atoms with E-state index in [2.05, 4.69) is 20.4 Å². The summed E-state index contributed by atoms with van der Waals surface area (Å²) < 4.78 is 1.54. The highest BCUT2D eigenvalue weighted by atomic mass is 16.2. The molecule has 1 aliphatic carbocycles. The number of carbonyl (C=O) groups is 1. The van der Waals surface area contributed by atoms with Gasteiger partial charge in [0.25, 0.3) is 5.56 Å². The van der Waals surface area contributed by atoms with Crippen LogP contribution in [0.2, 0.25) is 0 Å². The van der Waals surface area contributed by atoms with Crippen LogP contribution in [0.5, 0.6) is 0 Å². The third-order valence-corrected chi connectivity index (χ3v) is 5.48. The normalized spacial score (nSPS) is 14.6. The minimum absolute atomic E-state index is 0.103. The molecule has 1 atom stereocenters. The second-order valence-electron chi connectivity index (χ2n) is 7.60. The van der Waals surface area contributed by atoms with E-state index in [1.54, 1.807) is 13.8 Å². The van der Waals surface area contributed by atoms with Crippen molar-refractivity contribution in [3.05, 3.63) is 69.3 Å². The fraction of sp³-hybridized carbons (Fsp3) is 0.364. The second kappa shape index (κ2) is 7.66. The van der Waals surface area contributed by atoms with Gasteiger partial charge < -0.3 is 5.32 Å². The molecule has 4 rings (SSSR count). The number of hydrogen-bond donors (Lipinski definition) is 2. The molecule has 0 bridgehead atoms. The van der Waals surface area contributed by atoms with Crippen LogP contribution in [0.15, 0.2) is 41.2 Å². The first-order chi connectivity index (χ1) is 14.0. The van der Waals surface area contributed by atoms with Gasteiger partial charge in [-0.3, -0.25) is 14.6 Å². The van der Waals surface area contributed by atoms with Crippen LogP contribution in [0.25, 0.3) is 5.95 Å². The quantitative estimate of drug-likeness (QED) is 0.672. The number of aromatic amines is 1. The molecule has 0 spiro atoms. The third kappa shape index (κ3) is 3.85. The van der Waals surface area contributed by atoms with Crippen molar-refractivity contribution >= 4 is 11.7 Å². The Balaban J connectivity index is 1.70. The molecule has 2 heterocycles. The van der Waals surface area contributed by atoms with E-state index in [9.17, 15) is 9.59 Å². The van der Waals surface area contributed by atoms with Crippen LogP contribution in [0.1, 0.15) is 60.5 Å². The van der Waals surface area contributed by atoms with Crippen molar-refractivity contribution in [2.24, 2.45) is 0 Å². The molecule has 1 saturated carbocycles. The van der Waals surface area contributed by atoms with Crippen molar-refractivity contribution in [2.75, 3.05) is 5.32 Å². The van der Waals surface area contributed by atoms with Gasteiger partial charge in [-0.1, -0.05) is 37.3 Å². The molecule has 2 aromatic heterocycles. The van der Waals surface area contributed by atoms with Crippen molar-refractivity contribution in [2.45, 2.75) is 51.9 Å². The number of benzene rings is 1. The Morgan fingerprint density at radius 3 is 2.62 bits per heavy atom. The lowest BCUT2D eigenvalue weighted by Crippen LogP contribution is -2.24. The van der Waals surface area contributed by atoms with Gasteiger partial charge in [0.15, 0.2) is 0 Å². The van der Waals surface area contributed by atoms with Gasteiger partial charge in [0.05, 0.1) is 11.6 Å². The Morgan fingerprint density at radius 2 is 2.00 bits per heavy atom. The zero-order chi connectivity index (χ0) is 20.5. The Bertz CT molecular complexity index is 1100. The minimum Gasteiger partial charge on any atom is -0.310 e. The summed E-state index contributed by atoms with van der Waals surface area (Å²) in [4.78, 5) is 32.6. The molecule has 0 radical (unpaired) electrons.